The molecule has 13 heavy (non-hydrogen) atoms. The molecule has 0 aromatic rings. The summed E-state index contributed by atoms with van der Waals surface area (Å²) in [6, 6.07) is 0. The first-order chi connectivity index (χ1) is 6.31. The summed E-state index contributed by atoms with van der Waals surface area (Å²) in [6.45, 7) is 4.33. The molecule has 1 heteroatoms. The number of hydrogen-bond acceptors (Lipinski definition) is 1. The molecule has 0 saturated carbocycles. The van der Waals surface area contributed by atoms with Gasteiger partial charge in [0.15, 0.2) is 0 Å². The lowest BCUT2D eigenvalue weighted by Gasteiger charge is -1.99. The van der Waals surface area contributed by atoms with Crippen molar-refractivity contribution in [3.8, 4) is 0 Å². The average Bonchev–Trinajstić information content (AvgIpc) is 2.13. The maximum Gasteiger partial charge on any atom is 0.132 e. The highest BCUT2D eigenvalue weighted by molar-refractivity contribution is 5.78. The third-order valence-corrected chi connectivity index (χ3v) is 2.18. The van der Waals surface area contributed by atoms with Gasteiger partial charge in [0, 0.05) is 12.8 Å². The monoisotopic (exact) mass is 183 g/mol. The molecular weight excluding hydrogens is 160 g/mol. The van der Waals surface area contributed by atoms with Crippen LogP contribution < -0.4 is 0 Å². The summed E-state index contributed by atoms with van der Waals surface area (Å²) < 4.78 is 0. The van der Waals surface area contributed by atoms with Crippen LogP contribution in [0.15, 0.2) is 0 Å². The standard InChI is InChI=1S/C12H23O/c1-3-5-7-9-11-12(13)10-8-6-4-2/h7H,3-6,8-11H2,1-2H3. The molecule has 0 unspecified atom stereocenters. The first kappa shape index (κ1) is 12.7. The van der Waals surface area contributed by atoms with E-state index in [4.69, 9.17) is 0 Å². The van der Waals surface area contributed by atoms with Gasteiger partial charge in [-0.1, -0.05) is 39.5 Å². The number of ketones is 1. The van der Waals surface area contributed by atoms with Gasteiger partial charge in [-0.25, -0.2) is 0 Å². The van der Waals surface area contributed by atoms with Crippen LogP contribution in [0, 0.1) is 6.42 Å². The van der Waals surface area contributed by atoms with E-state index in [1.165, 1.54) is 19.3 Å². The Balaban J connectivity index is 3.11. The molecule has 0 aromatic heterocycles. The summed E-state index contributed by atoms with van der Waals surface area (Å²) in [5.74, 6) is 0.445. The van der Waals surface area contributed by atoms with Crippen molar-refractivity contribution in [2.75, 3.05) is 0 Å². The van der Waals surface area contributed by atoms with E-state index in [1.54, 1.807) is 0 Å². The summed E-state index contributed by atoms with van der Waals surface area (Å²) in [7, 11) is 0. The molecule has 1 nitrogen and oxygen atoms in total. The average molecular weight is 183 g/mol. The Morgan fingerprint density at radius 2 is 1.77 bits per heavy atom. The van der Waals surface area contributed by atoms with E-state index < -0.39 is 0 Å². The third kappa shape index (κ3) is 9.59. The van der Waals surface area contributed by atoms with Gasteiger partial charge in [-0.15, -0.1) is 0 Å². The van der Waals surface area contributed by atoms with E-state index in [1.807, 2.05) is 0 Å². The molecule has 0 fully saturated rings. The molecule has 77 valence electrons. The lowest BCUT2D eigenvalue weighted by atomic mass is 10.1. The molecule has 0 bridgehead atoms. The smallest absolute Gasteiger partial charge is 0.132 e. The minimum absolute atomic E-state index is 0.445. The lowest BCUT2D eigenvalue weighted by molar-refractivity contribution is -0.119. The number of hydrogen-bond donors (Lipinski definition) is 0. The van der Waals surface area contributed by atoms with E-state index >= 15 is 0 Å². The quantitative estimate of drug-likeness (QED) is 0.495. The normalized spacial score (nSPS) is 10.3. The summed E-state index contributed by atoms with van der Waals surface area (Å²) in [4.78, 5) is 11.3. The van der Waals surface area contributed by atoms with Crippen molar-refractivity contribution in [2.45, 2.75) is 65.2 Å². The second kappa shape index (κ2) is 9.76. The van der Waals surface area contributed by atoms with Gasteiger partial charge in [0.25, 0.3) is 0 Å². The van der Waals surface area contributed by atoms with Crippen LogP contribution in [-0.2, 0) is 4.79 Å². The Labute approximate surface area is 82.9 Å². The van der Waals surface area contributed by atoms with Crippen LogP contribution in [0.1, 0.15) is 65.2 Å². The Morgan fingerprint density at radius 3 is 2.38 bits per heavy atom. The predicted molar refractivity (Wildman–Crippen MR) is 57.6 cm³/mol. The molecule has 0 saturated heterocycles. The maximum atomic E-state index is 11.3. The second-order valence-corrected chi connectivity index (χ2v) is 3.61. The Bertz CT molecular complexity index is 118. The number of rotatable bonds is 9. The predicted octanol–water partition coefficient (Wildman–Crippen LogP) is 3.92. The topological polar surface area (TPSA) is 17.1 Å². The van der Waals surface area contributed by atoms with Gasteiger partial charge in [0.1, 0.15) is 5.78 Å². The zero-order valence-corrected chi connectivity index (χ0v) is 9.14. The molecule has 0 rings (SSSR count). The molecule has 0 N–H and O–H groups in total. The van der Waals surface area contributed by atoms with E-state index in [2.05, 4.69) is 20.3 Å². The Kier molecular flexibility index (Phi) is 9.51. The molecule has 1 radical (unpaired) electrons. The molecule has 0 aliphatic rings. The third-order valence-electron chi connectivity index (χ3n) is 2.18. The zero-order chi connectivity index (χ0) is 9.94. The minimum Gasteiger partial charge on any atom is -0.300 e. The first-order valence-corrected chi connectivity index (χ1v) is 5.64. The van der Waals surface area contributed by atoms with E-state index in [9.17, 15) is 4.79 Å². The molecule has 0 aliphatic heterocycles. The number of unbranched alkanes of at least 4 members (excludes halogenated alkanes) is 5. The highest BCUT2D eigenvalue weighted by Crippen LogP contribution is 2.06. The van der Waals surface area contributed by atoms with Gasteiger partial charge in [-0.05, 0) is 19.3 Å². The van der Waals surface area contributed by atoms with Crippen LogP contribution in [0.2, 0.25) is 0 Å². The molecule has 0 aliphatic carbocycles. The highest BCUT2D eigenvalue weighted by Gasteiger charge is 2.00. The summed E-state index contributed by atoms with van der Waals surface area (Å²) in [5.41, 5.74) is 0. The fraction of sp³-hybridized carbons (Fsp3) is 0.833. The lowest BCUT2D eigenvalue weighted by Crippen LogP contribution is -1.97. The molecule has 0 atom stereocenters. The van der Waals surface area contributed by atoms with Crippen molar-refractivity contribution in [1.82, 2.24) is 0 Å². The van der Waals surface area contributed by atoms with Gasteiger partial charge in [0.05, 0.1) is 0 Å². The van der Waals surface area contributed by atoms with Crippen molar-refractivity contribution in [3.05, 3.63) is 6.42 Å². The zero-order valence-electron chi connectivity index (χ0n) is 9.14. The number of Topliss-reactive ketones (excluding diaryl/α,β-unsaturated/α-hetero) is 1. The van der Waals surface area contributed by atoms with Crippen LogP contribution >= 0.6 is 0 Å². The van der Waals surface area contributed by atoms with Crippen molar-refractivity contribution in [1.29, 1.82) is 0 Å². The first-order valence-electron chi connectivity index (χ1n) is 5.64. The van der Waals surface area contributed by atoms with Crippen LogP contribution in [0.5, 0.6) is 0 Å². The Morgan fingerprint density at radius 1 is 1.00 bits per heavy atom. The van der Waals surface area contributed by atoms with Crippen LogP contribution in [0.3, 0.4) is 0 Å². The van der Waals surface area contributed by atoms with Crippen LogP contribution in [0.4, 0.5) is 0 Å². The maximum absolute atomic E-state index is 11.3. The number of carbonyl (C=O) groups excluding carboxylic acids is 1. The van der Waals surface area contributed by atoms with E-state index in [-0.39, 0.29) is 0 Å². The largest absolute Gasteiger partial charge is 0.300 e. The summed E-state index contributed by atoms with van der Waals surface area (Å²) in [5, 5.41) is 0. The second-order valence-electron chi connectivity index (χ2n) is 3.61. The van der Waals surface area contributed by atoms with Gasteiger partial charge >= 0.3 is 0 Å². The van der Waals surface area contributed by atoms with Crippen LogP contribution in [-0.4, -0.2) is 5.78 Å². The van der Waals surface area contributed by atoms with Gasteiger partial charge < -0.3 is 0 Å². The van der Waals surface area contributed by atoms with E-state index in [0.717, 1.165) is 32.1 Å². The fourth-order valence-corrected chi connectivity index (χ4v) is 1.31. The molecule has 0 amide bonds. The summed E-state index contributed by atoms with van der Waals surface area (Å²) >= 11 is 0. The van der Waals surface area contributed by atoms with Gasteiger partial charge in [-0.2, -0.15) is 0 Å². The van der Waals surface area contributed by atoms with Gasteiger partial charge in [0.2, 0.25) is 0 Å². The van der Waals surface area contributed by atoms with Crippen molar-refractivity contribution in [3.63, 3.8) is 0 Å². The van der Waals surface area contributed by atoms with Crippen molar-refractivity contribution in [2.24, 2.45) is 0 Å². The molecule has 0 aromatic carbocycles. The highest BCUT2D eigenvalue weighted by atomic mass is 16.1. The minimum atomic E-state index is 0.445. The fourth-order valence-electron chi connectivity index (χ4n) is 1.31. The van der Waals surface area contributed by atoms with Gasteiger partial charge in [-0.3, -0.25) is 4.79 Å². The van der Waals surface area contributed by atoms with E-state index in [0.29, 0.717) is 5.78 Å². The van der Waals surface area contributed by atoms with Crippen molar-refractivity contribution >= 4 is 5.78 Å². The van der Waals surface area contributed by atoms with Crippen molar-refractivity contribution < 1.29 is 4.79 Å². The Hall–Kier alpha value is -0.330. The molecular formula is C12H23O. The van der Waals surface area contributed by atoms with Crippen LogP contribution in [0.25, 0.3) is 0 Å². The summed E-state index contributed by atoms with van der Waals surface area (Å²) in [6.07, 6.45) is 10.6. The molecule has 0 spiro atoms. The number of carbonyl (C=O) groups is 1. The molecule has 0 heterocycles. The SMILES string of the molecule is CCC[CH]CCC(=O)CCCCC.